The Morgan fingerprint density at radius 2 is 1.62 bits per heavy atom. The number of nitrogens with one attached hydrogen (secondary N) is 1. The molecule has 0 aliphatic rings. The van der Waals surface area contributed by atoms with Gasteiger partial charge in [0.2, 0.25) is 5.91 Å². The predicted molar refractivity (Wildman–Crippen MR) is 96.0 cm³/mol. The summed E-state index contributed by atoms with van der Waals surface area (Å²) >= 11 is 0. The molecular weight excluding hydrogens is 334 g/mol. The van der Waals surface area contributed by atoms with E-state index in [0.29, 0.717) is 16.7 Å². The summed E-state index contributed by atoms with van der Waals surface area (Å²) in [6.07, 6.45) is 0. The van der Waals surface area contributed by atoms with Crippen LogP contribution in [0, 0.1) is 0 Å². The summed E-state index contributed by atoms with van der Waals surface area (Å²) in [5, 5.41) is 20.9. The minimum atomic E-state index is -1.27. The van der Waals surface area contributed by atoms with Gasteiger partial charge in [0.25, 0.3) is 0 Å². The Labute approximate surface area is 151 Å². The van der Waals surface area contributed by atoms with Crippen LogP contribution < -0.4 is 5.32 Å². The molecule has 1 amide bonds. The lowest BCUT2D eigenvalue weighted by atomic mass is 9.75. The van der Waals surface area contributed by atoms with E-state index in [-0.39, 0.29) is 0 Å². The standard InChI is InChI=1S/C20H21NO5/c1-13(18(24)21-12-17(22)23)14-7-6-10-16(11-14)20(2,19(25)26)15-8-4-3-5-9-15/h3-11,13H,12H2,1-2H3,(H,21,24)(H,22,23)(H,25,26). The molecule has 2 atom stereocenters. The average Bonchev–Trinajstić information content (AvgIpc) is 2.65. The highest BCUT2D eigenvalue weighted by molar-refractivity contribution is 5.87. The van der Waals surface area contributed by atoms with Gasteiger partial charge in [-0.05, 0) is 30.5 Å². The quantitative estimate of drug-likeness (QED) is 0.707. The second-order valence-corrected chi connectivity index (χ2v) is 6.25. The van der Waals surface area contributed by atoms with Gasteiger partial charge in [0.1, 0.15) is 12.0 Å². The fourth-order valence-electron chi connectivity index (χ4n) is 2.77. The van der Waals surface area contributed by atoms with Crippen molar-refractivity contribution in [3.8, 4) is 0 Å². The molecule has 0 saturated heterocycles. The molecule has 0 spiro atoms. The third kappa shape index (κ3) is 3.91. The van der Waals surface area contributed by atoms with Crippen LogP contribution in [0.3, 0.4) is 0 Å². The van der Waals surface area contributed by atoms with E-state index in [0.717, 1.165) is 0 Å². The minimum absolute atomic E-state index is 0.429. The topological polar surface area (TPSA) is 104 Å². The summed E-state index contributed by atoms with van der Waals surface area (Å²) in [5.41, 5.74) is 0.530. The van der Waals surface area contributed by atoms with Gasteiger partial charge in [0.05, 0.1) is 5.92 Å². The van der Waals surface area contributed by atoms with Crippen LogP contribution in [0.25, 0.3) is 0 Å². The Morgan fingerprint density at radius 1 is 1.00 bits per heavy atom. The van der Waals surface area contributed by atoms with Crippen molar-refractivity contribution in [3.05, 3.63) is 71.3 Å². The number of amides is 1. The maximum absolute atomic E-state index is 12.1. The number of hydrogen-bond donors (Lipinski definition) is 3. The Hall–Kier alpha value is -3.15. The first-order valence-corrected chi connectivity index (χ1v) is 8.15. The second kappa shape index (κ2) is 7.82. The van der Waals surface area contributed by atoms with Crippen molar-refractivity contribution < 1.29 is 24.6 Å². The lowest BCUT2D eigenvalue weighted by Crippen LogP contribution is -2.34. The zero-order chi connectivity index (χ0) is 19.3. The van der Waals surface area contributed by atoms with E-state index in [2.05, 4.69) is 5.32 Å². The summed E-state index contributed by atoms with van der Waals surface area (Å²) < 4.78 is 0. The van der Waals surface area contributed by atoms with Gasteiger partial charge < -0.3 is 15.5 Å². The van der Waals surface area contributed by atoms with E-state index in [9.17, 15) is 19.5 Å². The van der Waals surface area contributed by atoms with Crippen LogP contribution >= 0.6 is 0 Å². The molecule has 0 heterocycles. The van der Waals surface area contributed by atoms with Crippen LogP contribution in [-0.2, 0) is 19.8 Å². The van der Waals surface area contributed by atoms with E-state index in [4.69, 9.17) is 5.11 Å². The SMILES string of the molecule is CC(C(=O)NCC(=O)O)c1cccc(C(C)(C(=O)O)c2ccccc2)c1. The number of carbonyl (C=O) groups is 3. The van der Waals surface area contributed by atoms with Crippen LogP contribution in [0.1, 0.15) is 36.5 Å². The lowest BCUT2D eigenvalue weighted by Gasteiger charge is -2.27. The molecule has 3 N–H and O–H groups in total. The lowest BCUT2D eigenvalue weighted by molar-refractivity contribution is -0.141. The van der Waals surface area contributed by atoms with Crippen LogP contribution in [-0.4, -0.2) is 34.6 Å². The number of carbonyl (C=O) groups excluding carboxylic acids is 1. The van der Waals surface area contributed by atoms with E-state index in [1.54, 1.807) is 62.4 Å². The smallest absolute Gasteiger partial charge is 0.322 e. The Bertz CT molecular complexity index is 818. The molecule has 2 unspecified atom stereocenters. The summed E-state index contributed by atoms with van der Waals surface area (Å²) in [6, 6.07) is 15.7. The molecular formula is C20H21NO5. The van der Waals surface area contributed by atoms with E-state index >= 15 is 0 Å². The largest absolute Gasteiger partial charge is 0.480 e. The summed E-state index contributed by atoms with van der Waals surface area (Å²) in [5.74, 6) is -3.16. The Kier molecular flexibility index (Phi) is 5.77. The minimum Gasteiger partial charge on any atom is -0.480 e. The molecule has 0 aliphatic carbocycles. The van der Waals surface area contributed by atoms with Crippen molar-refractivity contribution >= 4 is 17.8 Å². The molecule has 6 nitrogen and oxygen atoms in total. The van der Waals surface area contributed by atoms with E-state index in [1.165, 1.54) is 0 Å². The molecule has 26 heavy (non-hydrogen) atoms. The molecule has 6 heteroatoms. The van der Waals surface area contributed by atoms with Crippen LogP contribution in [0.5, 0.6) is 0 Å². The number of carboxylic acids is 2. The Balaban J connectivity index is 2.39. The average molecular weight is 355 g/mol. The third-order valence-electron chi connectivity index (χ3n) is 4.55. The third-order valence-corrected chi connectivity index (χ3v) is 4.55. The first kappa shape index (κ1) is 19.2. The molecule has 0 aliphatic heterocycles. The fourth-order valence-corrected chi connectivity index (χ4v) is 2.77. The molecule has 136 valence electrons. The first-order valence-electron chi connectivity index (χ1n) is 8.15. The number of aliphatic carboxylic acids is 2. The molecule has 0 fully saturated rings. The Morgan fingerprint density at radius 3 is 2.19 bits per heavy atom. The molecule has 0 aromatic heterocycles. The predicted octanol–water partition coefficient (Wildman–Crippen LogP) is 2.38. The molecule has 0 radical (unpaired) electrons. The second-order valence-electron chi connectivity index (χ2n) is 6.25. The zero-order valence-corrected chi connectivity index (χ0v) is 14.6. The van der Waals surface area contributed by atoms with Crippen molar-refractivity contribution in [2.75, 3.05) is 6.54 Å². The highest BCUT2D eigenvalue weighted by Gasteiger charge is 2.37. The van der Waals surface area contributed by atoms with Crippen molar-refractivity contribution in [2.45, 2.75) is 25.2 Å². The van der Waals surface area contributed by atoms with Crippen molar-refractivity contribution in [3.63, 3.8) is 0 Å². The maximum atomic E-state index is 12.1. The molecule has 2 rings (SSSR count). The van der Waals surface area contributed by atoms with E-state index < -0.39 is 35.7 Å². The highest BCUT2D eigenvalue weighted by Crippen LogP contribution is 2.33. The van der Waals surface area contributed by atoms with Gasteiger partial charge in [-0.3, -0.25) is 14.4 Å². The van der Waals surface area contributed by atoms with Gasteiger partial charge in [-0.2, -0.15) is 0 Å². The zero-order valence-electron chi connectivity index (χ0n) is 14.6. The summed E-state index contributed by atoms with van der Waals surface area (Å²) in [4.78, 5) is 34.8. The molecule has 2 aromatic rings. The monoisotopic (exact) mass is 355 g/mol. The van der Waals surface area contributed by atoms with Gasteiger partial charge >= 0.3 is 11.9 Å². The fraction of sp³-hybridized carbons (Fsp3) is 0.250. The number of hydrogen-bond acceptors (Lipinski definition) is 3. The number of benzene rings is 2. The van der Waals surface area contributed by atoms with Gasteiger partial charge in [0, 0.05) is 0 Å². The van der Waals surface area contributed by atoms with Crippen molar-refractivity contribution in [2.24, 2.45) is 0 Å². The van der Waals surface area contributed by atoms with Crippen LogP contribution in [0.15, 0.2) is 54.6 Å². The normalized spacial score (nSPS) is 14.1. The summed E-state index contributed by atoms with van der Waals surface area (Å²) in [7, 11) is 0. The van der Waals surface area contributed by atoms with Crippen molar-refractivity contribution in [1.82, 2.24) is 5.32 Å². The van der Waals surface area contributed by atoms with Crippen molar-refractivity contribution in [1.29, 1.82) is 0 Å². The molecule has 0 bridgehead atoms. The van der Waals surface area contributed by atoms with Gasteiger partial charge in [-0.15, -0.1) is 0 Å². The molecule has 2 aromatic carbocycles. The van der Waals surface area contributed by atoms with Crippen LogP contribution in [0.4, 0.5) is 0 Å². The van der Waals surface area contributed by atoms with Crippen LogP contribution in [0.2, 0.25) is 0 Å². The van der Waals surface area contributed by atoms with Gasteiger partial charge in [-0.25, -0.2) is 0 Å². The van der Waals surface area contributed by atoms with Gasteiger partial charge in [0.15, 0.2) is 0 Å². The van der Waals surface area contributed by atoms with E-state index in [1.807, 2.05) is 6.07 Å². The summed E-state index contributed by atoms with van der Waals surface area (Å²) in [6.45, 7) is 2.82. The van der Waals surface area contributed by atoms with Gasteiger partial charge in [-0.1, -0.05) is 54.6 Å². The number of carboxylic acid groups (broad SMARTS) is 2. The highest BCUT2D eigenvalue weighted by atomic mass is 16.4. The number of rotatable bonds is 7. The maximum Gasteiger partial charge on any atom is 0.322 e. The molecule has 0 saturated carbocycles. The first-order chi connectivity index (χ1) is 12.3.